The summed E-state index contributed by atoms with van der Waals surface area (Å²) in [5.74, 6) is -0.723. The van der Waals surface area contributed by atoms with Gasteiger partial charge in [-0.2, -0.15) is 0 Å². The summed E-state index contributed by atoms with van der Waals surface area (Å²) in [5, 5.41) is 9.12. The van der Waals surface area contributed by atoms with Crippen LogP contribution in [0.4, 0.5) is 13.2 Å². The Balaban J connectivity index is 2.17. The Hall–Kier alpha value is -2.50. The highest BCUT2D eigenvalue weighted by atomic mass is 19.4. The lowest BCUT2D eigenvalue weighted by molar-refractivity contribution is -0.274. The number of rotatable bonds is 3. The van der Waals surface area contributed by atoms with E-state index in [1.54, 1.807) is 0 Å². The van der Waals surface area contributed by atoms with Crippen LogP contribution in [0.3, 0.4) is 0 Å². The molecule has 0 aliphatic carbocycles. The van der Waals surface area contributed by atoms with Gasteiger partial charge in [0, 0.05) is 11.1 Å². The molecule has 0 aromatic heterocycles. The molecule has 2 rings (SSSR count). The lowest BCUT2D eigenvalue weighted by Gasteiger charge is -2.09. The first-order chi connectivity index (χ1) is 9.35. The third-order valence-electron chi connectivity index (χ3n) is 2.48. The number of hydrogen-bond donors (Lipinski definition) is 1. The zero-order chi connectivity index (χ0) is 14.8. The van der Waals surface area contributed by atoms with Gasteiger partial charge in [0.15, 0.2) is 5.78 Å². The average molecular weight is 282 g/mol. The number of hydrogen-bond acceptors (Lipinski definition) is 3. The Morgan fingerprint density at radius 1 is 0.900 bits per heavy atom. The molecular formula is C14H9F3O3. The van der Waals surface area contributed by atoms with Gasteiger partial charge in [-0.15, -0.1) is 13.2 Å². The van der Waals surface area contributed by atoms with Crippen molar-refractivity contribution in [1.82, 2.24) is 0 Å². The number of benzene rings is 2. The van der Waals surface area contributed by atoms with Gasteiger partial charge in [-0.05, 0) is 48.5 Å². The van der Waals surface area contributed by atoms with Crippen LogP contribution in [0.25, 0.3) is 0 Å². The van der Waals surface area contributed by atoms with Crippen LogP contribution in [0.15, 0.2) is 48.5 Å². The lowest BCUT2D eigenvalue weighted by atomic mass is 10.0. The summed E-state index contributed by atoms with van der Waals surface area (Å²) >= 11 is 0. The van der Waals surface area contributed by atoms with Crippen molar-refractivity contribution in [3.63, 3.8) is 0 Å². The fourth-order valence-corrected chi connectivity index (χ4v) is 1.59. The molecule has 0 aliphatic heterocycles. The molecule has 0 saturated carbocycles. The molecule has 1 N–H and O–H groups in total. The van der Waals surface area contributed by atoms with E-state index in [1.165, 1.54) is 36.4 Å². The van der Waals surface area contributed by atoms with Crippen molar-refractivity contribution in [1.29, 1.82) is 0 Å². The molecule has 2 aromatic rings. The van der Waals surface area contributed by atoms with Gasteiger partial charge >= 0.3 is 6.36 Å². The maximum atomic E-state index is 12.0. The van der Waals surface area contributed by atoms with Crippen molar-refractivity contribution in [2.24, 2.45) is 0 Å². The van der Waals surface area contributed by atoms with Crippen LogP contribution < -0.4 is 4.74 Å². The zero-order valence-corrected chi connectivity index (χ0v) is 10.0. The normalized spacial score (nSPS) is 11.2. The minimum atomic E-state index is -4.76. The van der Waals surface area contributed by atoms with Gasteiger partial charge in [0.25, 0.3) is 0 Å². The Morgan fingerprint density at radius 2 is 1.35 bits per heavy atom. The molecule has 0 saturated heterocycles. The Kier molecular flexibility index (Phi) is 3.65. The topological polar surface area (TPSA) is 46.5 Å². The largest absolute Gasteiger partial charge is 0.573 e. The van der Waals surface area contributed by atoms with Crippen molar-refractivity contribution < 1.29 is 27.8 Å². The number of phenols is 1. The first kappa shape index (κ1) is 13.9. The number of phenolic OH excluding ortho intramolecular Hbond substituents is 1. The van der Waals surface area contributed by atoms with Gasteiger partial charge in [0.05, 0.1) is 0 Å². The minimum Gasteiger partial charge on any atom is -0.508 e. The number of carbonyl (C=O) groups is 1. The molecule has 3 nitrogen and oxygen atoms in total. The fraction of sp³-hybridized carbons (Fsp3) is 0.0714. The molecule has 0 unspecified atom stereocenters. The van der Waals surface area contributed by atoms with Gasteiger partial charge in [-0.1, -0.05) is 0 Å². The quantitative estimate of drug-likeness (QED) is 0.876. The van der Waals surface area contributed by atoms with Crippen LogP contribution in [0.1, 0.15) is 15.9 Å². The van der Waals surface area contributed by atoms with E-state index in [9.17, 15) is 18.0 Å². The second-order valence-electron chi connectivity index (χ2n) is 3.95. The van der Waals surface area contributed by atoms with E-state index in [4.69, 9.17) is 5.11 Å². The van der Waals surface area contributed by atoms with E-state index in [0.29, 0.717) is 5.56 Å². The van der Waals surface area contributed by atoms with E-state index in [1.807, 2.05) is 0 Å². The highest BCUT2D eigenvalue weighted by Gasteiger charge is 2.31. The number of alkyl halides is 3. The SMILES string of the molecule is O=C(c1ccc(O)cc1)c1ccc(OC(F)(F)F)cc1. The van der Waals surface area contributed by atoms with Crippen LogP contribution in [-0.4, -0.2) is 17.3 Å². The van der Waals surface area contributed by atoms with Crippen LogP contribution in [-0.2, 0) is 0 Å². The molecule has 104 valence electrons. The first-order valence-electron chi connectivity index (χ1n) is 5.55. The summed E-state index contributed by atoms with van der Waals surface area (Å²) in [6.45, 7) is 0. The molecule has 6 heteroatoms. The molecule has 0 heterocycles. The van der Waals surface area contributed by atoms with Crippen molar-refractivity contribution >= 4 is 5.78 Å². The summed E-state index contributed by atoms with van der Waals surface area (Å²) in [6.07, 6.45) is -4.76. The monoisotopic (exact) mass is 282 g/mol. The lowest BCUT2D eigenvalue weighted by Crippen LogP contribution is -2.17. The fourth-order valence-electron chi connectivity index (χ4n) is 1.59. The number of ether oxygens (including phenoxy) is 1. The first-order valence-corrected chi connectivity index (χ1v) is 5.55. The number of aromatic hydroxyl groups is 1. The summed E-state index contributed by atoms with van der Waals surface area (Å²) in [6, 6.07) is 10.2. The summed E-state index contributed by atoms with van der Waals surface area (Å²) in [5.41, 5.74) is 0.553. The maximum absolute atomic E-state index is 12.0. The third kappa shape index (κ3) is 3.50. The zero-order valence-electron chi connectivity index (χ0n) is 10.0. The highest BCUT2D eigenvalue weighted by molar-refractivity contribution is 6.09. The third-order valence-corrected chi connectivity index (χ3v) is 2.48. The van der Waals surface area contributed by atoms with E-state index in [2.05, 4.69) is 4.74 Å². The highest BCUT2D eigenvalue weighted by Crippen LogP contribution is 2.23. The predicted molar refractivity (Wildman–Crippen MR) is 64.7 cm³/mol. The van der Waals surface area contributed by atoms with Crippen molar-refractivity contribution in [2.75, 3.05) is 0 Å². The summed E-state index contributed by atoms with van der Waals surface area (Å²) in [7, 11) is 0. The molecule has 0 atom stereocenters. The Bertz CT molecular complexity index is 601. The predicted octanol–water partition coefficient (Wildman–Crippen LogP) is 3.52. The van der Waals surface area contributed by atoms with Crippen LogP contribution in [0.5, 0.6) is 11.5 Å². The second-order valence-corrected chi connectivity index (χ2v) is 3.95. The van der Waals surface area contributed by atoms with Gasteiger partial charge < -0.3 is 9.84 Å². The van der Waals surface area contributed by atoms with Crippen LogP contribution in [0.2, 0.25) is 0 Å². The summed E-state index contributed by atoms with van der Waals surface area (Å²) < 4.78 is 39.7. The Morgan fingerprint density at radius 3 is 1.80 bits per heavy atom. The summed E-state index contributed by atoms with van der Waals surface area (Å²) in [4.78, 5) is 12.0. The maximum Gasteiger partial charge on any atom is 0.573 e. The van der Waals surface area contributed by atoms with Crippen molar-refractivity contribution in [2.45, 2.75) is 6.36 Å². The Labute approximate surface area is 112 Å². The molecular weight excluding hydrogens is 273 g/mol. The molecule has 0 spiro atoms. The molecule has 0 radical (unpaired) electrons. The van der Waals surface area contributed by atoms with Gasteiger partial charge in [0.2, 0.25) is 0 Å². The van der Waals surface area contributed by atoms with Gasteiger partial charge in [-0.25, -0.2) is 0 Å². The number of halogens is 3. The van der Waals surface area contributed by atoms with Crippen LogP contribution >= 0.6 is 0 Å². The standard InChI is InChI=1S/C14H9F3O3/c15-14(16,17)20-12-7-3-10(4-8-12)13(19)9-1-5-11(18)6-2-9/h1-8,18H. The van der Waals surface area contributed by atoms with Gasteiger partial charge in [-0.3, -0.25) is 4.79 Å². The minimum absolute atomic E-state index is 0.0236. The molecule has 0 bridgehead atoms. The van der Waals surface area contributed by atoms with E-state index >= 15 is 0 Å². The molecule has 0 amide bonds. The van der Waals surface area contributed by atoms with Crippen LogP contribution in [0, 0.1) is 0 Å². The molecule has 2 aromatic carbocycles. The van der Waals surface area contributed by atoms with Crippen molar-refractivity contribution in [3.05, 3.63) is 59.7 Å². The van der Waals surface area contributed by atoms with E-state index < -0.39 is 6.36 Å². The van der Waals surface area contributed by atoms with E-state index in [-0.39, 0.29) is 22.8 Å². The number of carbonyl (C=O) groups excluding carboxylic acids is 1. The molecule has 0 fully saturated rings. The van der Waals surface area contributed by atoms with Crippen molar-refractivity contribution in [3.8, 4) is 11.5 Å². The second kappa shape index (κ2) is 5.24. The smallest absolute Gasteiger partial charge is 0.508 e. The average Bonchev–Trinajstić information content (AvgIpc) is 2.38. The molecule has 0 aliphatic rings. The van der Waals surface area contributed by atoms with Gasteiger partial charge in [0.1, 0.15) is 11.5 Å². The number of ketones is 1. The molecule has 20 heavy (non-hydrogen) atoms. The van der Waals surface area contributed by atoms with E-state index in [0.717, 1.165) is 12.1 Å².